The van der Waals surface area contributed by atoms with E-state index in [1.165, 1.54) is 6.07 Å². The van der Waals surface area contributed by atoms with Gasteiger partial charge in [0, 0.05) is 28.6 Å². The molecule has 1 aliphatic carbocycles. The van der Waals surface area contributed by atoms with Crippen LogP contribution >= 0.6 is 0 Å². The predicted octanol–water partition coefficient (Wildman–Crippen LogP) is 0.629. The second kappa shape index (κ2) is 6.09. The number of benzene rings is 2. The summed E-state index contributed by atoms with van der Waals surface area (Å²) < 4.78 is 5.99. The van der Waals surface area contributed by atoms with Crippen LogP contribution in [0.1, 0.15) is 17.5 Å². The number of fused-ring (bicyclic) bond motifs is 2. The maximum atomic E-state index is 12.2. The zero-order chi connectivity index (χ0) is 19.3. The molecule has 8 heteroatoms. The lowest BCUT2D eigenvalue weighted by atomic mass is 9.75. The Kier molecular flexibility index (Phi) is 3.84. The van der Waals surface area contributed by atoms with Crippen LogP contribution in [0, 0.1) is 4.91 Å². The van der Waals surface area contributed by atoms with Gasteiger partial charge in [0.1, 0.15) is 38.6 Å². The molecule has 1 aliphatic heterocycles. The zero-order valence-electron chi connectivity index (χ0n) is 14.7. The highest BCUT2D eigenvalue weighted by atomic mass is 16.5. The summed E-state index contributed by atoms with van der Waals surface area (Å²) in [5.41, 5.74) is 3.16. The van der Waals surface area contributed by atoms with Crippen LogP contribution < -0.4 is 10.2 Å². The molecule has 1 N–H and O–H groups in total. The van der Waals surface area contributed by atoms with Gasteiger partial charge in [-0.25, -0.2) is 0 Å². The second-order valence-electron chi connectivity index (χ2n) is 6.54. The summed E-state index contributed by atoms with van der Waals surface area (Å²) in [7, 11) is 3.17. The largest absolute Gasteiger partial charge is 0.506 e. The Morgan fingerprint density at radius 3 is 2.48 bits per heavy atom. The van der Waals surface area contributed by atoms with Gasteiger partial charge in [0.2, 0.25) is 11.6 Å². The molecule has 0 aromatic heterocycles. The van der Waals surface area contributed by atoms with Crippen molar-refractivity contribution < 1.29 is 19.4 Å². The lowest BCUT2D eigenvalue weighted by Crippen LogP contribution is -2.30. The number of carbonyl (C=O) groups is 2. The van der Waals surface area contributed by atoms with Crippen LogP contribution in [0.5, 0.6) is 11.5 Å². The maximum Gasteiger partial charge on any atom is 0.219 e. The number of ether oxygens (including phenoxy) is 1. The zero-order valence-corrected chi connectivity index (χ0v) is 14.7. The molecular formula is C19H13B2NO5. The second-order valence-corrected chi connectivity index (χ2v) is 6.54. The summed E-state index contributed by atoms with van der Waals surface area (Å²) in [6, 6.07) is 10.8. The third-order valence-electron chi connectivity index (χ3n) is 4.94. The first-order valence-corrected chi connectivity index (χ1v) is 8.39. The van der Waals surface area contributed by atoms with Crippen molar-refractivity contribution >= 4 is 44.0 Å². The number of Topliss-reactive ketones (excluding diaryl/α,β-unsaturated/α-hetero) is 2. The van der Waals surface area contributed by atoms with Crippen molar-refractivity contribution in [2.75, 3.05) is 0 Å². The summed E-state index contributed by atoms with van der Waals surface area (Å²) in [6.07, 6.45) is -0.0807. The van der Waals surface area contributed by atoms with Crippen LogP contribution in [0.4, 0.5) is 5.69 Å². The van der Waals surface area contributed by atoms with Crippen molar-refractivity contribution in [2.24, 2.45) is 5.18 Å². The van der Waals surface area contributed by atoms with Crippen molar-refractivity contribution in [3.05, 3.63) is 69.2 Å². The van der Waals surface area contributed by atoms with Gasteiger partial charge >= 0.3 is 0 Å². The van der Waals surface area contributed by atoms with Crippen LogP contribution in [0.15, 0.2) is 58.4 Å². The summed E-state index contributed by atoms with van der Waals surface area (Å²) in [5.74, 6) is -0.659. The number of phenols is 1. The standard InChI is InChI=1S/C19H13B2NO5/c20-14-16(22-26)11(23)6-9-13(8-4-2-1-3-5-8)10-7-12(24)17(25)15(21)19(10)27-18(9)14/h1-6,23H,7,20-21H2. The predicted molar refractivity (Wildman–Crippen MR) is 105 cm³/mol. The lowest BCUT2D eigenvalue weighted by Gasteiger charge is -2.31. The van der Waals surface area contributed by atoms with Gasteiger partial charge in [-0.2, -0.15) is 0 Å². The highest BCUT2D eigenvalue weighted by Crippen LogP contribution is 2.46. The van der Waals surface area contributed by atoms with Crippen LogP contribution in [-0.4, -0.2) is 32.4 Å². The Balaban J connectivity index is 2.13. The van der Waals surface area contributed by atoms with Gasteiger partial charge in [-0.1, -0.05) is 30.3 Å². The summed E-state index contributed by atoms with van der Waals surface area (Å²) in [5, 5.41) is 13.1. The van der Waals surface area contributed by atoms with Gasteiger partial charge < -0.3 is 9.84 Å². The average molecular weight is 357 g/mol. The Morgan fingerprint density at radius 2 is 1.81 bits per heavy atom. The van der Waals surface area contributed by atoms with E-state index >= 15 is 0 Å². The fourth-order valence-electron chi connectivity index (χ4n) is 3.60. The van der Waals surface area contributed by atoms with Gasteiger partial charge in [-0.15, -0.1) is 4.91 Å². The minimum atomic E-state index is -0.574. The number of aromatic hydroxyl groups is 1. The quantitative estimate of drug-likeness (QED) is 0.484. The smallest absolute Gasteiger partial charge is 0.219 e. The molecule has 0 saturated heterocycles. The SMILES string of the molecule is BC1=C2Oc3c(cc(O)c(N=O)c3B)C(c3ccccc3)=C2CC(=O)C1=O. The van der Waals surface area contributed by atoms with E-state index in [1.54, 1.807) is 15.7 Å². The number of hydrogen-bond acceptors (Lipinski definition) is 6. The minimum absolute atomic E-state index is 0.0807. The highest BCUT2D eigenvalue weighted by Gasteiger charge is 2.37. The van der Waals surface area contributed by atoms with E-state index in [0.29, 0.717) is 33.7 Å². The Morgan fingerprint density at radius 1 is 1.11 bits per heavy atom. The number of nitrogens with zero attached hydrogens (tertiary/aromatic N) is 1. The molecule has 0 atom stereocenters. The fourth-order valence-corrected chi connectivity index (χ4v) is 3.60. The number of ketones is 2. The van der Waals surface area contributed by atoms with Gasteiger partial charge in [0.25, 0.3) is 0 Å². The van der Waals surface area contributed by atoms with Crippen LogP contribution in [0.2, 0.25) is 0 Å². The molecule has 0 saturated carbocycles. The molecule has 2 aromatic rings. The summed E-state index contributed by atoms with van der Waals surface area (Å²) >= 11 is 0. The van der Waals surface area contributed by atoms with E-state index in [9.17, 15) is 19.6 Å². The van der Waals surface area contributed by atoms with Crippen LogP contribution in [0.3, 0.4) is 0 Å². The van der Waals surface area contributed by atoms with Crippen molar-refractivity contribution in [3.8, 4) is 11.5 Å². The van der Waals surface area contributed by atoms with Gasteiger partial charge in [-0.3, -0.25) is 9.59 Å². The molecule has 0 radical (unpaired) electrons. The van der Waals surface area contributed by atoms with Gasteiger partial charge in [-0.05, 0) is 22.3 Å². The molecule has 27 heavy (non-hydrogen) atoms. The molecule has 0 amide bonds. The monoisotopic (exact) mass is 357 g/mol. The van der Waals surface area contributed by atoms with Crippen molar-refractivity contribution in [1.29, 1.82) is 0 Å². The molecule has 0 bridgehead atoms. The van der Waals surface area contributed by atoms with Gasteiger partial charge in [0.05, 0.1) is 0 Å². The van der Waals surface area contributed by atoms with Gasteiger partial charge in [0.15, 0.2) is 0 Å². The summed E-state index contributed by atoms with van der Waals surface area (Å²) in [4.78, 5) is 35.5. The lowest BCUT2D eigenvalue weighted by molar-refractivity contribution is -0.134. The molecule has 1 heterocycles. The third kappa shape index (κ3) is 2.44. The number of allylic oxidation sites excluding steroid dienone is 2. The highest BCUT2D eigenvalue weighted by molar-refractivity contribution is 6.57. The molecule has 4 rings (SSSR count). The van der Waals surface area contributed by atoms with E-state index in [1.807, 2.05) is 30.3 Å². The Hall–Kier alpha value is -3.41. The Labute approximate surface area is 156 Å². The third-order valence-corrected chi connectivity index (χ3v) is 4.94. The van der Waals surface area contributed by atoms with E-state index in [2.05, 4.69) is 5.18 Å². The molecule has 6 nitrogen and oxygen atoms in total. The van der Waals surface area contributed by atoms with Crippen molar-refractivity contribution in [2.45, 2.75) is 6.42 Å². The van der Waals surface area contributed by atoms with Crippen LogP contribution in [-0.2, 0) is 9.59 Å². The first-order valence-electron chi connectivity index (χ1n) is 8.39. The molecule has 2 aliphatic rings. The van der Waals surface area contributed by atoms with E-state index in [0.717, 1.165) is 5.56 Å². The fraction of sp³-hybridized carbons (Fsp3) is 0.0526. The number of phenolic OH excluding ortho intramolecular Hbond substituents is 1. The van der Waals surface area contributed by atoms with E-state index in [-0.39, 0.29) is 23.3 Å². The number of nitroso groups, excluding NO2 is 1. The number of hydrogen-bond donors (Lipinski definition) is 1. The number of carbonyl (C=O) groups excluding carboxylic acids is 2. The molecule has 2 aromatic carbocycles. The number of rotatable bonds is 2. The molecule has 0 spiro atoms. The maximum absolute atomic E-state index is 12.2. The normalized spacial score (nSPS) is 16.0. The summed E-state index contributed by atoms with van der Waals surface area (Å²) in [6.45, 7) is 0. The first kappa shape index (κ1) is 17.0. The van der Waals surface area contributed by atoms with Crippen molar-refractivity contribution in [1.82, 2.24) is 0 Å². The van der Waals surface area contributed by atoms with E-state index in [4.69, 9.17) is 4.74 Å². The molecule has 130 valence electrons. The minimum Gasteiger partial charge on any atom is -0.506 e. The van der Waals surface area contributed by atoms with Crippen molar-refractivity contribution in [3.63, 3.8) is 0 Å². The topological polar surface area (TPSA) is 93.0 Å². The van der Waals surface area contributed by atoms with Crippen LogP contribution in [0.25, 0.3) is 5.57 Å². The van der Waals surface area contributed by atoms with E-state index < -0.39 is 11.6 Å². The Bertz CT molecular complexity index is 1100. The first-order chi connectivity index (χ1) is 12.9. The molecule has 0 fully saturated rings. The molecular weight excluding hydrogens is 344 g/mol. The molecule has 0 unspecified atom stereocenters. The average Bonchev–Trinajstić information content (AvgIpc) is 2.66.